The van der Waals surface area contributed by atoms with Crippen molar-refractivity contribution in [3.8, 4) is 17.2 Å². The highest BCUT2D eigenvalue weighted by molar-refractivity contribution is 5.73. The van der Waals surface area contributed by atoms with Gasteiger partial charge in [0.2, 0.25) is 5.82 Å². The largest absolute Gasteiger partial charge is 0.352 e. The summed E-state index contributed by atoms with van der Waals surface area (Å²) in [6.07, 6.45) is 4.79. The first-order valence-corrected chi connectivity index (χ1v) is 7.54. The molecule has 1 aromatic carbocycles. The molecule has 0 spiro atoms. The molecule has 8 heteroatoms. The number of para-hydroxylation sites is 1. The number of nitrogens with zero attached hydrogens (tertiary/aromatic N) is 5. The summed E-state index contributed by atoms with van der Waals surface area (Å²) in [5.74, 6) is 0.385. The van der Waals surface area contributed by atoms with Gasteiger partial charge < -0.3 is 5.32 Å². The van der Waals surface area contributed by atoms with Crippen LogP contribution in [-0.4, -0.2) is 29.9 Å². The quantitative estimate of drug-likeness (QED) is 0.594. The van der Waals surface area contributed by atoms with Crippen molar-refractivity contribution in [3.05, 3.63) is 77.6 Å². The predicted molar refractivity (Wildman–Crippen MR) is 92.7 cm³/mol. The van der Waals surface area contributed by atoms with Crippen molar-refractivity contribution < 1.29 is 0 Å². The summed E-state index contributed by atoms with van der Waals surface area (Å²) in [5, 5.41) is 14.4. The Morgan fingerprint density at radius 2 is 1.96 bits per heavy atom. The van der Waals surface area contributed by atoms with Crippen molar-refractivity contribution in [2.75, 3.05) is 5.32 Å². The smallest absolute Gasteiger partial charge is 0.273 e. The Balaban J connectivity index is 1.87. The van der Waals surface area contributed by atoms with E-state index in [0.717, 1.165) is 5.69 Å². The second-order valence-corrected chi connectivity index (χ2v) is 5.18. The first-order chi connectivity index (χ1) is 12.3. The van der Waals surface area contributed by atoms with E-state index in [2.05, 4.69) is 30.6 Å². The van der Waals surface area contributed by atoms with Crippen LogP contribution in [0.2, 0.25) is 0 Å². The molecule has 4 aromatic rings. The van der Waals surface area contributed by atoms with Gasteiger partial charge in [-0.05, 0) is 24.3 Å². The van der Waals surface area contributed by atoms with Gasteiger partial charge in [0.15, 0.2) is 5.69 Å². The Morgan fingerprint density at radius 1 is 1.08 bits per heavy atom. The van der Waals surface area contributed by atoms with E-state index in [9.17, 15) is 4.79 Å². The molecule has 0 amide bonds. The number of pyridine rings is 1. The van der Waals surface area contributed by atoms with Crippen molar-refractivity contribution >= 4 is 11.4 Å². The van der Waals surface area contributed by atoms with E-state index in [-0.39, 0.29) is 5.56 Å². The first-order valence-electron chi connectivity index (χ1n) is 7.54. The van der Waals surface area contributed by atoms with Gasteiger partial charge in [-0.25, -0.2) is 4.98 Å². The van der Waals surface area contributed by atoms with Crippen LogP contribution >= 0.6 is 0 Å². The first kappa shape index (κ1) is 14.8. The van der Waals surface area contributed by atoms with Crippen molar-refractivity contribution in [1.82, 2.24) is 29.9 Å². The minimum Gasteiger partial charge on any atom is -0.352 e. The number of anilines is 2. The van der Waals surface area contributed by atoms with E-state index >= 15 is 0 Å². The van der Waals surface area contributed by atoms with Gasteiger partial charge in [-0.3, -0.25) is 14.9 Å². The van der Waals surface area contributed by atoms with E-state index in [1.165, 1.54) is 17.1 Å². The molecule has 0 saturated carbocycles. The molecule has 8 nitrogen and oxygen atoms in total. The van der Waals surface area contributed by atoms with Gasteiger partial charge in [-0.2, -0.15) is 14.9 Å². The van der Waals surface area contributed by atoms with Crippen LogP contribution in [0.3, 0.4) is 0 Å². The number of nitrogens with one attached hydrogen (secondary N) is 2. The summed E-state index contributed by atoms with van der Waals surface area (Å²) < 4.78 is 1.32. The zero-order valence-electron chi connectivity index (χ0n) is 13.0. The molecule has 0 aliphatic rings. The topological polar surface area (TPSA) is 101 Å². The third-order valence-corrected chi connectivity index (χ3v) is 3.50. The minimum absolute atomic E-state index is 0.267. The number of rotatable bonds is 4. The molecule has 0 atom stereocenters. The van der Waals surface area contributed by atoms with Crippen LogP contribution in [-0.2, 0) is 0 Å². The molecule has 122 valence electrons. The minimum atomic E-state index is -0.267. The van der Waals surface area contributed by atoms with Gasteiger partial charge in [0.05, 0.1) is 23.3 Å². The number of benzene rings is 1. The van der Waals surface area contributed by atoms with Crippen LogP contribution < -0.4 is 10.9 Å². The molecule has 3 heterocycles. The fraction of sp³-hybridized carbons (Fsp3) is 0. The normalized spacial score (nSPS) is 10.6. The third-order valence-electron chi connectivity index (χ3n) is 3.50. The van der Waals surface area contributed by atoms with Crippen molar-refractivity contribution in [1.29, 1.82) is 0 Å². The van der Waals surface area contributed by atoms with Crippen LogP contribution in [0.4, 0.5) is 11.4 Å². The molecule has 0 bridgehead atoms. The Labute approximate surface area is 142 Å². The molecule has 0 saturated heterocycles. The summed E-state index contributed by atoms with van der Waals surface area (Å²) in [4.78, 5) is 20.8. The van der Waals surface area contributed by atoms with E-state index in [1.54, 1.807) is 18.5 Å². The average Bonchev–Trinajstić information content (AvgIpc) is 3.18. The maximum absolute atomic E-state index is 12.5. The molecule has 0 unspecified atom stereocenters. The fourth-order valence-electron chi connectivity index (χ4n) is 2.39. The van der Waals surface area contributed by atoms with Crippen molar-refractivity contribution in [3.63, 3.8) is 0 Å². The highest BCUT2D eigenvalue weighted by Crippen LogP contribution is 2.24. The number of hydrogen-bond donors (Lipinski definition) is 2. The zero-order chi connectivity index (χ0) is 17.1. The van der Waals surface area contributed by atoms with Gasteiger partial charge in [0.25, 0.3) is 5.56 Å². The predicted octanol–water partition coefficient (Wildman–Crippen LogP) is 2.16. The van der Waals surface area contributed by atoms with Crippen molar-refractivity contribution in [2.45, 2.75) is 0 Å². The number of H-pyrrole nitrogens is 1. The van der Waals surface area contributed by atoms with Crippen LogP contribution in [0.15, 0.2) is 72.0 Å². The lowest BCUT2D eigenvalue weighted by Crippen LogP contribution is -2.22. The second-order valence-electron chi connectivity index (χ2n) is 5.18. The molecule has 0 fully saturated rings. The third kappa shape index (κ3) is 3.00. The average molecular weight is 331 g/mol. The summed E-state index contributed by atoms with van der Waals surface area (Å²) in [7, 11) is 0. The lowest BCUT2D eigenvalue weighted by Gasteiger charge is -2.12. The molecule has 4 rings (SSSR count). The molecule has 3 aromatic heterocycles. The zero-order valence-corrected chi connectivity index (χ0v) is 13.0. The monoisotopic (exact) mass is 331 g/mol. The van der Waals surface area contributed by atoms with Gasteiger partial charge in [-0.15, -0.1) is 0 Å². The summed E-state index contributed by atoms with van der Waals surface area (Å²) in [6.45, 7) is 0. The Morgan fingerprint density at radius 3 is 2.68 bits per heavy atom. The lowest BCUT2D eigenvalue weighted by molar-refractivity contribution is 0.809. The van der Waals surface area contributed by atoms with E-state index in [1.807, 2.05) is 36.4 Å². The molecule has 0 aliphatic carbocycles. The number of aromatic nitrogens is 6. The van der Waals surface area contributed by atoms with E-state index < -0.39 is 0 Å². The molecule has 0 aliphatic heterocycles. The molecule has 0 radical (unpaired) electrons. The van der Waals surface area contributed by atoms with Crippen LogP contribution in [0, 0.1) is 0 Å². The van der Waals surface area contributed by atoms with E-state index in [0.29, 0.717) is 22.9 Å². The maximum Gasteiger partial charge on any atom is 0.273 e. The highest BCUT2D eigenvalue weighted by atomic mass is 16.1. The van der Waals surface area contributed by atoms with E-state index in [4.69, 9.17) is 0 Å². The summed E-state index contributed by atoms with van der Waals surface area (Å²) in [6, 6.07) is 14.3. The van der Waals surface area contributed by atoms with Crippen LogP contribution in [0.1, 0.15) is 0 Å². The fourth-order valence-corrected chi connectivity index (χ4v) is 2.39. The molecule has 25 heavy (non-hydrogen) atoms. The molecule has 2 N–H and O–H groups in total. The number of aromatic amines is 1. The van der Waals surface area contributed by atoms with Crippen LogP contribution in [0.25, 0.3) is 17.2 Å². The van der Waals surface area contributed by atoms with Gasteiger partial charge >= 0.3 is 0 Å². The second kappa shape index (κ2) is 6.36. The van der Waals surface area contributed by atoms with Crippen molar-refractivity contribution in [2.24, 2.45) is 0 Å². The Hall–Kier alpha value is -3.81. The SMILES string of the molecule is O=c1cc(Nc2cccnc2)c(-c2nc[nH]n2)nn1-c1ccccc1. The van der Waals surface area contributed by atoms with Gasteiger partial charge in [0, 0.05) is 12.3 Å². The lowest BCUT2D eigenvalue weighted by atomic mass is 10.2. The highest BCUT2D eigenvalue weighted by Gasteiger charge is 2.15. The molecular weight excluding hydrogens is 318 g/mol. The van der Waals surface area contributed by atoms with Gasteiger partial charge in [0.1, 0.15) is 6.33 Å². The standard InChI is InChI=1S/C17H13N7O/c25-15-9-14(21-12-5-4-8-18-10-12)16(17-19-11-20-22-17)23-24(15)13-6-2-1-3-7-13/h1-11,21H,(H,19,20,22). The van der Waals surface area contributed by atoms with Gasteiger partial charge in [-0.1, -0.05) is 18.2 Å². The molecular formula is C17H13N7O. The number of hydrogen-bond acceptors (Lipinski definition) is 6. The summed E-state index contributed by atoms with van der Waals surface area (Å²) >= 11 is 0. The Bertz CT molecular complexity index is 1030. The Kier molecular flexibility index (Phi) is 3.76. The van der Waals surface area contributed by atoms with Crippen LogP contribution in [0.5, 0.6) is 0 Å². The summed E-state index contributed by atoms with van der Waals surface area (Å²) in [5.41, 5.74) is 2.09. The maximum atomic E-state index is 12.5.